The van der Waals surface area contributed by atoms with Crippen molar-refractivity contribution in [2.24, 2.45) is 5.92 Å². The second-order valence-electron chi connectivity index (χ2n) is 4.52. The normalized spacial score (nSPS) is 19.2. The van der Waals surface area contributed by atoms with E-state index in [0.29, 0.717) is 11.7 Å². The molecule has 5 heteroatoms. The molecular formula is C13H19N3OS. The van der Waals surface area contributed by atoms with Crippen LogP contribution in [0, 0.1) is 5.92 Å². The van der Waals surface area contributed by atoms with Crippen LogP contribution >= 0.6 is 11.8 Å². The second-order valence-corrected chi connectivity index (χ2v) is 5.57. The van der Waals surface area contributed by atoms with E-state index in [4.69, 9.17) is 0 Å². The van der Waals surface area contributed by atoms with Crippen LogP contribution in [-0.4, -0.2) is 48.2 Å². The molecule has 1 N–H and O–H groups in total. The highest BCUT2D eigenvalue weighted by Crippen LogP contribution is 2.20. The maximum absolute atomic E-state index is 12.0. The van der Waals surface area contributed by atoms with Gasteiger partial charge in [-0.1, -0.05) is 0 Å². The third-order valence-electron chi connectivity index (χ3n) is 3.14. The standard InChI is InChI=1S/C13H19N3OS/c1-14-8-11-4-7-16(9-11)13(17)10-18-12-2-5-15-6-3-12/h2-3,5-6,11,14H,4,7-10H2,1H3. The van der Waals surface area contributed by atoms with Gasteiger partial charge in [-0.3, -0.25) is 9.78 Å². The van der Waals surface area contributed by atoms with Gasteiger partial charge in [-0.25, -0.2) is 0 Å². The fraction of sp³-hybridized carbons (Fsp3) is 0.538. The minimum atomic E-state index is 0.246. The summed E-state index contributed by atoms with van der Waals surface area (Å²) >= 11 is 1.58. The Hall–Kier alpha value is -1.07. The van der Waals surface area contributed by atoms with Crippen LogP contribution in [0.3, 0.4) is 0 Å². The minimum Gasteiger partial charge on any atom is -0.342 e. The Kier molecular flexibility index (Phi) is 5.01. The maximum Gasteiger partial charge on any atom is 0.232 e. The Bertz CT molecular complexity index is 385. The first kappa shape index (κ1) is 13.4. The lowest BCUT2D eigenvalue weighted by Crippen LogP contribution is -2.31. The predicted molar refractivity (Wildman–Crippen MR) is 73.6 cm³/mol. The maximum atomic E-state index is 12.0. The molecule has 0 aliphatic carbocycles. The van der Waals surface area contributed by atoms with E-state index in [-0.39, 0.29) is 5.91 Å². The molecule has 1 aromatic heterocycles. The summed E-state index contributed by atoms with van der Waals surface area (Å²) in [5.74, 6) is 1.39. The first-order valence-electron chi connectivity index (χ1n) is 6.25. The molecule has 0 aromatic carbocycles. The predicted octanol–water partition coefficient (Wildman–Crippen LogP) is 1.24. The average molecular weight is 265 g/mol. The van der Waals surface area contributed by atoms with Gasteiger partial charge in [0.2, 0.25) is 5.91 Å². The number of aromatic nitrogens is 1. The van der Waals surface area contributed by atoms with Crippen molar-refractivity contribution < 1.29 is 4.79 Å². The lowest BCUT2D eigenvalue weighted by molar-refractivity contribution is -0.127. The van der Waals surface area contributed by atoms with Crippen molar-refractivity contribution in [2.75, 3.05) is 32.4 Å². The van der Waals surface area contributed by atoms with Crippen molar-refractivity contribution >= 4 is 17.7 Å². The molecule has 4 nitrogen and oxygen atoms in total. The molecule has 1 aliphatic heterocycles. The number of pyridine rings is 1. The Morgan fingerprint density at radius 3 is 3.06 bits per heavy atom. The van der Waals surface area contributed by atoms with Gasteiger partial charge in [0.25, 0.3) is 0 Å². The number of likely N-dealkylation sites (tertiary alicyclic amines) is 1. The third kappa shape index (κ3) is 3.71. The molecule has 1 amide bonds. The molecule has 1 unspecified atom stereocenters. The number of thioether (sulfide) groups is 1. The number of hydrogen-bond acceptors (Lipinski definition) is 4. The van der Waals surface area contributed by atoms with E-state index >= 15 is 0 Å². The van der Waals surface area contributed by atoms with Gasteiger partial charge in [0, 0.05) is 30.4 Å². The van der Waals surface area contributed by atoms with Crippen molar-refractivity contribution in [2.45, 2.75) is 11.3 Å². The number of carbonyl (C=O) groups is 1. The molecule has 1 aromatic rings. The Labute approximate surface area is 112 Å². The summed E-state index contributed by atoms with van der Waals surface area (Å²) in [6.07, 6.45) is 4.63. The van der Waals surface area contributed by atoms with Crippen LogP contribution in [-0.2, 0) is 4.79 Å². The van der Waals surface area contributed by atoms with Crippen molar-refractivity contribution in [1.29, 1.82) is 0 Å². The molecule has 0 radical (unpaired) electrons. The molecule has 2 heterocycles. The highest BCUT2D eigenvalue weighted by molar-refractivity contribution is 8.00. The second kappa shape index (κ2) is 6.75. The topological polar surface area (TPSA) is 45.2 Å². The van der Waals surface area contributed by atoms with Crippen LogP contribution in [0.15, 0.2) is 29.4 Å². The Morgan fingerprint density at radius 1 is 1.56 bits per heavy atom. The molecule has 1 aliphatic rings. The first-order chi connectivity index (χ1) is 8.79. The van der Waals surface area contributed by atoms with Crippen molar-refractivity contribution in [3.8, 4) is 0 Å². The third-order valence-corrected chi connectivity index (χ3v) is 4.14. The van der Waals surface area contributed by atoms with Crippen LogP contribution in [0.25, 0.3) is 0 Å². The molecule has 0 saturated carbocycles. The first-order valence-corrected chi connectivity index (χ1v) is 7.23. The summed E-state index contributed by atoms with van der Waals surface area (Å²) in [4.78, 5) is 19.1. The number of carbonyl (C=O) groups excluding carboxylic acids is 1. The fourth-order valence-corrected chi connectivity index (χ4v) is 2.97. The van der Waals surface area contributed by atoms with Gasteiger partial charge < -0.3 is 10.2 Å². The van der Waals surface area contributed by atoms with Gasteiger partial charge in [-0.05, 0) is 38.1 Å². The van der Waals surface area contributed by atoms with Crippen molar-refractivity contribution in [3.63, 3.8) is 0 Å². The lowest BCUT2D eigenvalue weighted by atomic mass is 10.1. The molecule has 1 fully saturated rings. The van der Waals surface area contributed by atoms with E-state index in [1.54, 1.807) is 24.2 Å². The number of nitrogens with zero attached hydrogens (tertiary/aromatic N) is 2. The summed E-state index contributed by atoms with van der Waals surface area (Å²) in [5, 5.41) is 3.18. The summed E-state index contributed by atoms with van der Waals surface area (Å²) in [6.45, 7) is 2.81. The fourth-order valence-electron chi connectivity index (χ4n) is 2.19. The summed E-state index contributed by atoms with van der Waals surface area (Å²) in [7, 11) is 1.96. The summed E-state index contributed by atoms with van der Waals surface area (Å²) in [5.41, 5.74) is 0. The zero-order valence-corrected chi connectivity index (χ0v) is 11.4. The molecule has 1 atom stereocenters. The van der Waals surface area contributed by atoms with E-state index in [9.17, 15) is 4.79 Å². The highest BCUT2D eigenvalue weighted by Gasteiger charge is 2.25. The van der Waals surface area contributed by atoms with E-state index < -0.39 is 0 Å². The number of amides is 1. The van der Waals surface area contributed by atoms with Crippen LogP contribution in [0.1, 0.15) is 6.42 Å². The van der Waals surface area contributed by atoms with Crippen molar-refractivity contribution in [3.05, 3.63) is 24.5 Å². The molecular weight excluding hydrogens is 246 g/mol. The monoisotopic (exact) mass is 265 g/mol. The zero-order valence-electron chi connectivity index (χ0n) is 10.6. The van der Waals surface area contributed by atoms with Gasteiger partial charge in [0.15, 0.2) is 0 Å². The van der Waals surface area contributed by atoms with Crippen molar-refractivity contribution in [1.82, 2.24) is 15.2 Å². The average Bonchev–Trinajstić information content (AvgIpc) is 2.86. The van der Waals surface area contributed by atoms with Crippen LogP contribution in [0.2, 0.25) is 0 Å². The van der Waals surface area contributed by atoms with Gasteiger partial charge in [-0.15, -0.1) is 11.8 Å². The van der Waals surface area contributed by atoms with E-state index in [1.165, 1.54) is 0 Å². The minimum absolute atomic E-state index is 0.246. The summed E-state index contributed by atoms with van der Waals surface area (Å²) < 4.78 is 0. The molecule has 98 valence electrons. The van der Waals surface area contributed by atoms with Crippen LogP contribution in [0.4, 0.5) is 0 Å². The van der Waals surface area contributed by atoms with Gasteiger partial charge >= 0.3 is 0 Å². The van der Waals surface area contributed by atoms with Gasteiger partial charge in [0.1, 0.15) is 0 Å². The largest absolute Gasteiger partial charge is 0.342 e. The zero-order chi connectivity index (χ0) is 12.8. The molecule has 1 saturated heterocycles. The molecule has 0 bridgehead atoms. The highest BCUT2D eigenvalue weighted by atomic mass is 32.2. The van der Waals surface area contributed by atoms with Gasteiger partial charge in [-0.2, -0.15) is 0 Å². The van der Waals surface area contributed by atoms with E-state index in [2.05, 4.69) is 10.3 Å². The molecule has 18 heavy (non-hydrogen) atoms. The molecule has 0 spiro atoms. The van der Waals surface area contributed by atoms with Gasteiger partial charge in [0.05, 0.1) is 5.75 Å². The smallest absolute Gasteiger partial charge is 0.232 e. The number of nitrogens with one attached hydrogen (secondary N) is 1. The lowest BCUT2D eigenvalue weighted by Gasteiger charge is -2.16. The number of rotatable bonds is 5. The summed E-state index contributed by atoms with van der Waals surface area (Å²) in [6, 6.07) is 3.87. The quantitative estimate of drug-likeness (QED) is 0.814. The Balaban J connectivity index is 1.76. The SMILES string of the molecule is CNCC1CCN(C(=O)CSc2ccncc2)C1. The van der Waals surface area contributed by atoms with E-state index in [1.807, 2.05) is 24.1 Å². The van der Waals surface area contributed by atoms with Crippen LogP contribution in [0.5, 0.6) is 0 Å². The van der Waals surface area contributed by atoms with Crippen LogP contribution < -0.4 is 5.32 Å². The number of hydrogen-bond donors (Lipinski definition) is 1. The Morgan fingerprint density at radius 2 is 2.33 bits per heavy atom. The van der Waals surface area contributed by atoms with E-state index in [0.717, 1.165) is 31.0 Å². The molecule has 2 rings (SSSR count).